The van der Waals surface area contributed by atoms with Gasteiger partial charge in [-0.3, -0.25) is 9.59 Å². The first-order valence-electron chi connectivity index (χ1n) is 7.68. The summed E-state index contributed by atoms with van der Waals surface area (Å²) in [4.78, 5) is 37.5. The molecule has 5 N–H and O–H groups in total. The van der Waals surface area contributed by atoms with Gasteiger partial charge in [0.05, 0.1) is 0 Å². The molecule has 0 aliphatic rings. The number of nitrogens with two attached hydrogens (primary N) is 1. The van der Waals surface area contributed by atoms with E-state index in [-0.39, 0.29) is 24.3 Å². The molecule has 1 aromatic carbocycles. The molecule has 10 heteroatoms. The molecule has 0 spiro atoms. The minimum absolute atomic E-state index is 0.189. The Morgan fingerprint density at radius 3 is 2.60 bits per heavy atom. The molecule has 0 unspecified atom stereocenters. The monoisotopic (exact) mass is 350 g/mol. The Morgan fingerprint density at radius 2 is 2.00 bits per heavy atom. The second-order valence-electron chi connectivity index (χ2n) is 5.23. The fourth-order valence-electron chi connectivity index (χ4n) is 2.05. The van der Waals surface area contributed by atoms with Gasteiger partial charge in [0, 0.05) is 20.0 Å². The topological polar surface area (TPSA) is 152 Å². The Morgan fingerprint density at radius 1 is 1.32 bits per heavy atom. The van der Waals surface area contributed by atoms with Gasteiger partial charge in [0.1, 0.15) is 6.04 Å². The second kappa shape index (κ2) is 10.6. The molecule has 0 fully saturated rings. The molecule has 0 saturated heterocycles. The van der Waals surface area contributed by atoms with Crippen molar-refractivity contribution in [2.24, 2.45) is 10.7 Å². The first-order chi connectivity index (χ1) is 11.9. The van der Waals surface area contributed by atoms with Crippen LogP contribution >= 0.6 is 0 Å². The van der Waals surface area contributed by atoms with Crippen molar-refractivity contribution in [2.45, 2.75) is 32.4 Å². The standard InChI is InChI=1S/C15H22N6O4/c1-11(22)19-13(8-5-9-17-15(16)20-21(24)25)14(23)18-10-12-6-3-2-4-7-12/h2-4,6-7,13H,5,8-10H2,1H3,(H,18,23)(H,19,22)(H3,16,17,20)/t13-/m0/s1. The predicted octanol–water partition coefficient (Wildman–Crippen LogP) is -0.316. The maximum Gasteiger partial charge on any atom is 0.251 e. The molecule has 25 heavy (non-hydrogen) atoms. The molecule has 0 aromatic heterocycles. The first kappa shape index (κ1) is 19.9. The molecule has 0 aliphatic heterocycles. The number of rotatable bonds is 9. The highest BCUT2D eigenvalue weighted by atomic mass is 16.7. The molecule has 0 saturated carbocycles. The van der Waals surface area contributed by atoms with Gasteiger partial charge in [0.15, 0.2) is 5.03 Å². The summed E-state index contributed by atoms with van der Waals surface area (Å²) >= 11 is 0. The van der Waals surface area contributed by atoms with Crippen LogP contribution in [0.1, 0.15) is 25.3 Å². The van der Waals surface area contributed by atoms with Crippen molar-refractivity contribution in [3.8, 4) is 0 Å². The zero-order chi connectivity index (χ0) is 18.7. The molecule has 0 bridgehead atoms. The Bertz CT molecular complexity index is 620. The molecule has 0 radical (unpaired) electrons. The van der Waals surface area contributed by atoms with Crippen molar-refractivity contribution in [3.05, 3.63) is 46.0 Å². The number of nitro groups is 1. The molecule has 136 valence electrons. The van der Waals surface area contributed by atoms with Gasteiger partial charge in [0.2, 0.25) is 11.8 Å². The number of guanidine groups is 1. The van der Waals surface area contributed by atoms with E-state index in [9.17, 15) is 19.7 Å². The van der Waals surface area contributed by atoms with E-state index < -0.39 is 11.1 Å². The van der Waals surface area contributed by atoms with Gasteiger partial charge in [-0.25, -0.2) is 15.1 Å². The number of hydrazine groups is 1. The smallest absolute Gasteiger partial charge is 0.251 e. The van der Waals surface area contributed by atoms with E-state index in [1.165, 1.54) is 6.92 Å². The predicted molar refractivity (Wildman–Crippen MR) is 91.7 cm³/mol. The number of benzene rings is 1. The van der Waals surface area contributed by atoms with Crippen LogP contribution in [-0.2, 0) is 16.1 Å². The Kier molecular flexibility index (Phi) is 8.41. The maximum atomic E-state index is 12.2. The van der Waals surface area contributed by atoms with Crippen molar-refractivity contribution in [1.82, 2.24) is 16.1 Å². The van der Waals surface area contributed by atoms with Crippen LogP contribution in [0.2, 0.25) is 0 Å². The average molecular weight is 350 g/mol. The van der Waals surface area contributed by atoms with Gasteiger partial charge in [-0.05, 0) is 18.4 Å². The lowest BCUT2D eigenvalue weighted by atomic mass is 10.1. The largest absolute Gasteiger partial charge is 0.365 e. The summed E-state index contributed by atoms with van der Waals surface area (Å²) in [5.74, 6) is -0.938. The van der Waals surface area contributed by atoms with Gasteiger partial charge in [-0.15, -0.1) is 0 Å². The second-order valence-corrected chi connectivity index (χ2v) is 5.23. The number of carbonyl (C=O) groups excluding carboxylic acids is 2. The van der Waals surface area contributed by atoms with E-state index >= 15 is 0 Å². The third-order valence-electron chi connectivity index (χ3n) is 3.14. The van der Waals surface area contributed by atoms with Crippen LogP contribution in [0.4, 0.5) is 0 Å². The van der Waals surface area contributed by atoms with E-state index in [1.54, 1.807) is 5.43 Å². The summed E-state index contributed by atoms with van der Waals surface area (Å²) in [6.07, 6.45) is 0.749. The summed E-state index contributed by atoms with van der Waals surface area (Å²) in [7, 11) is 0. The Labute approximate surface area is 145 Å². The molecule has 1 rings (SSSR count). The van der Waals surface area contributed by atoms with Gasteiger partial charge in [-0.2, -0.15) is 0 Å². The fraction of sp³-hybridized carbons (Fsp3) is 0.400. The molecular weight excluding hydrogens is 328 g/mol. The number of carbonyl (C=O) groups is 2. The third kappa shape index (κ3) is 8.89. The quantitative estimate of drug-likeness (QED) is 0.157. The number of aliphatic imine (C=N–C) groups is 1. The summed E-state index contributed by atoms with van der Waals surface area (Å²) < 4.78 is 0. The number of nitrogens with one attached hydrogen (secondary N) is 3. The van der Waals surface area contributed by atoms with Crippen molar-refractivity contribution < 1.29 is 14.6 Å². The van der Waals surface area contributed by atoms with Crippen LogP contribution in [0.15, 0.2) is 35.3 Å². The van der Waals surface area contributed by atoms with E-state index in [2.05, 4.69) is 15.6 Å². The first-order valence-corrected chi connectivity index (χ1v) is 7.68. The van der Waals surface area contributed by atoms with Gasteiger partial charge < -0.3 is 16.4 Å². The van der Waals surface area contributed by atoms with Gasteiger partial charge in [0.25, 0.3) is 5.96 Å². The minimum Gasteiger partial charge on any atom is -0.365 e. The summed E-state index contributed by atoms with van der Waals surface area (Å²) in [6, 6.07) is 8.68. The molecule has 1 aromatic rings. The number of hydrogen-bond donors (Lipinski definition) is 4. The van der Waals surface area contributed by atoms with Gasteiger partial charge >= 0.3 is 0 Å². The average Bonchev–Trinajstić information content (AvgIpc) is 2.55. The lowest BCUT2D eigenvalue weighted by Gasteiger charge is -2.17. The molecular formula is C15H22N6O4. The number of hydrogen-bond acceptors (Lipinski definition) is 5. The highest BCUT2D eigenvalue weighted by Gasteiger charge is 2.18. The lowest BCUT2D eigenvalue weighted by molar-refractivity contribution is -0.525. The summed E-state index contributed by atoms with van der Waals surface area (Å²) in [5.41, 5.74) is 7.96. The highest BCUT2D eigenvalue weighted by Crippen LogP contribution is 2.01. The van der Waals surface area contributed by atoms with E-state index in [4.69, 9.17) is 5.73 Å². The van der Waals surface area contributed by atoms with Crippen LogP contribution in [0, 0.1) is 10.1 Å². The summed E-state index contributed by atoms with van der Waals surface area (Å²) in [5, 5.41) is 14.7. The fourth-order valence-corrected chi connectivity index (χ4v) is 2.05. The number of nitrogens with zero attached hydrogens (tertiary/aromatic N) is 2. The SMILES string of the molecule is CC(=O)N[C@@H](CCCN=C(N)N[N+](=O)[O-])C(=O)NCc1ccccc1. The molecule has 0 aliphatic carbocycles. The highest BCUT2D eigenvalue weighted by molar-refractivity contribution is 5.86. The molecule has 0 heterocycles. The van der Waals surface area contributed by atoms with Crippen LogP contribution in [0.3, 0.4) is 0 Å². The minimum atomic E-state index is -0.810. The van der Waals surface area contributed by atoms with Crippen molar-refractivity contribution in [1.29, 1.82) is 0 Å². The lowest BCUT2D eigenvalue weighted by Crippen LogP contribution is -2.45. The molecule has 10 nitrogen and oxygen atoms in total. The van der Waals surface area contributed by atoms with Crippen molar-refractivity contribution >= 4 is 17.8 Å². The van der Waals surface area contributed by atoms with E-state index in [0.717, 1.165) is 5.56 Å². The summed E-state index contributed by atoms with van der Waals surface area (Å²) in [6.45, 7) is 1.87. The van der Waals surface area contributed by atoms with E-state index in [0.29, 0.717) is 19.4 Å². The third-order valence-corrected chi connectivity index (χ3v) is 3.14. The Balaban J connectivity index is 2.48. The molecule has 2 amide bonds. The zero-order valence-corrected chi connectivity index (χ0v) is 13.9. The van der Waals surface area contributed by atoms with Crippen LogP contribution in [0.5, 0.6) is 0 Å². The number of amides is 2. The Hall–Kier alpha value is -3.17. The van der Waals surface area contributed by atoms with E-state index in [1.807, 2.05) is 30.3 Å². The van der Waals surface area contributed by atoms with Crippen LogP contribution < -0.4 is 21.8 Å². The van der Waals surface area contributed by atoms with Crippen molar-refractivity contribution in [3.63, 3.8) is 0 Å². The van der Waals surface area contributed by atoms with Gasteiger partial charge in [-0.1, -0.05) is 35.8 Å². The molecule has 1 atom stereocenters. The maximum absolute atomic E-state index is 12.2. The van der Waals surface area contributed by atoms with Crippen LogP contribution in [0.25, 0.3) is 0 Å². The van der Waals surface area contributed by atoms with Crippen molar-refractivity contribution in [2.75, 3.05) is 6.54 Å². The van der Waals surface area contributed by atoms with Crippen LogP contribution in [-0.4, -0.2) is 35.4 Å². The zero-order valence-electron chi connectivity index (χ0n) is 13.9. The normalized spacial score (nSPS) is 12.1.